The highest BCUT2D eigenvalue weighted by molar-refractivity contribution is 14.1. The third-order valence-electron chi connectivity index (χ3n) is 3.77. The lowest BCUT2D eigenvalue weighted by molar-refractivity contribution is -0.119. The number of hydrazone groups is 1. The van der Waals surface area contributed by atoms with Crippen LogP contribution in [0.25, 0.3) is 0 Å². The predicted octanol–water partition coefficient (Wildman–Crippen LogP) is 2.50. The third kappa shape index (κ3) is 6.88. The van der Waals surface area contributed by atoms with Crippen LogP contribution in [0.2, 0.25) is 0 Å². The minimum Gasteiger partial charge on any atom is -0.493 e. The SMILES string of the molecule is C=CCOc1ccc(C(=O)N/N=C/c2cc(I)c(OCC(N)=O)c(OC)c2)cc1OC. The molecule has 31 heavy (non-hydrogen) atoms. The van der Waals surface area contributed by atoms with Crippen LogP contribution in [0.15, 0.2) is 48.1 Å². The lowest BCUT2D eigenvalue weighted by atomic mass is 10.2. The molecule has 10 heteroatoms. The van der Waals surface area contributed by atoms with Crippen LogP contribution in [0.4, 0.5) is 0 Å². The highest BCUT2D eigenvalue weighted by Gasteiger charge is 2.13. The molecule has 164 valence electrons. The summed E-state index contributed by atoms with van der Waals surface area (Å²) in [5.74, 6) is 0.706. The Balaban J connectivity index is 2.11. The summed E-state index contributed by atoms with van der Waals surface area (Å²) >= 11 is 2.04. The number of methoxy groups -OCH3 is 2. The number of ether oxygens (including phenoxy) is 4. The Hall–Kier alpha value is -3.28. The van der Waals surface area contributed by atoms with E-state index in [9.17, 15) is 9.59 Å². The Morgan fingerprint density at radius 2 is 1.87 bits per heavy atom. The number of hydrogen-bond acceptors (Lipinski definition) is 7. The highest BCUT2D eigenvalue weighted by atomic mass is 127. The van der Waals surface area contributed by atoms with Crippen LogP contribution in [0.5, 0.6) is 23.0 Å². The average Bonchev–Trinajstić information content (AvgIpc) is 2.76. The molecule has 2 aromatic rings. The van der Waals surface area contributed by atoms with Gasteiger partial charge in [0.05, 0.1) is 24.0 Å². The first-order valence-electron chi connectivity index (χ1n) is 8.93. The van der Waals surface area contributed by atoms with Crippen LogP contribution in [0.1, 0.15) is 15.9 Å². The maximum Gasteiger partial charge on any atom is 0.271 e. The number of nitrogens with one attached hydrogen (secondary N) is 1. The molecule has 9 nitrogen and oxygen atoms in total. The van der Waals surface area contributed by atoms with Gasteiger partial charge in [-0.2, -0.15) is 5.10 Å². The van der Waals surface area contributed by atoms with Gasteiger partial charge in [0, 0.05) is 5.56 Å². The van der Waals surface area contributed by atoms with Crippen molar-refractivity contribution in [2.75, 3.05) is 27.4 Å². The first-order valence-corrected chi connectivity index (χ1v) is 10.0. The molecule has 3 N–H and O–H groups in total. The lowest BCUT2D eigenvalue weighted by Gasteiger charge is -2.12. The molecule has 2 amide bonds. The van der Waals surface area contributed by atoms with Crippen molar-refractivity contribution in [3.05, 3.63) is 57.7 Å². The Bertz CT molecular complexity index is 993. The Labute approximate surface area is 193 Å². The molecule has 0 saturated heterocycles. The summed E-state index contributed by atoms with van der Waals surface area (Å²) in [6.07, 6.45) is 3.07. The van der Waals surface area contributed by atoms with Crippen molar-refractivity contribution in [2.45, 2.75) is 0 Å². The van der Waals surface area contributed by atoms with Crippen LogP contribution in [0, 0.1) is 3.57 Å². The molecule has 0 saturated carbocycles. The molecule has 2 rings (SSSR count). The van der Waals surface area contributed by atoms with Gasteiger partial charge in [-0.25, -0.2) is 5.43 Å². The smallest absolute Gasteiger partial charge is 0.271 e. The van der Waals surface area contributed by atoms with E-state index in [1.165, 1.54) is 20.4 Å². The van der Waals surface area contributed by atoms with Gasteiger partial charge in [0.2, 0.25) is 0 Å². The Morgan fingerprint density at radius 3 is 2.52 bits per heavy atom. The molecule has 0 radical (unpaired) electrons. The molecule has 0 aromatic heterocycles. The number of nitrogens with two attached hydrogens (primary N) is 1. The molecule has 0 fully saturated rings. The topological polar surface area (TPSA) is 121 Å². The normalized spacial score (nSPS) is 10.4. The Morgan fingerprint density at radius 1 is 1.13 bits per heavy atom. The molecule has 0 bridgehead atoms. The number of benzene rings is 2. The number of carbonyl (C=O) groups excluding carboxylic acids is 2. The molecule has 0 unspecified atom stereocenters. The number of primary amides is 1. The number of amides is 2. The lowest BCUT2D eigenvalue weighted by Crippen LogP contribution is -2.20. The summed E-state index contributed by atoms with van der Waals surface area (Å²) in [5, 5.41) is 3.98. The second kappa shape index (κ2) is 11.8. The molecule has 0 aliphatic rings. The number of halogens is 1. The summed E-state index contributed by atoms with van der Waals surface area (Å²) in [7, 11) is 2.96. The van der Waals surface area contributed by atoms with Gasteiger partial charge in [-0.15, -0.1) is 0 Å². The standard InChI is InChI=1S/C21H22IN3O6/c1-4-7-30-16-6-5-14(10-17(16)28-2)21(27)25-24-11-13-8-15(22)20(18(9-13)29-3)31-12-19(23)26/h4-6,8-11H,1,7,12H2,2-3H3,(H2,23,26)(H,25,27)/b24-11+. The zero-order valence-electron chi connectivity index (χ0n) is 17.0. The molecule has 2 aromatic carbocycles. The predicted molar refractivity (Wildman–Crippen MR) is 124 cm³/mol. The van der Waals surface area contributed by atoms with Crippen molar-refractivity contribution in [1.29, 1.82) is 0 Å². The zero-order valence-corrected chi connectivity index (χ0v) is 19.2. The van der Waals surface area contributed by atoms with Gasteiger partial charge in [-0.1, -0.05) is 12.7 Å². The largest absolute Gasteiger partial charge is 0.493 e. The van der Waals surface area contributed by atoms with Crippen LogP contribution in [-0.4, -0.2) is 45.5 Å². The quantitative estimate of drug-likeness (QED) is 0.196. The van der Waals surface area contributed by atoms with E-state index in [1.807, 2.05) is 22.6 Å². The maximum absolute atomic E-state index is 12.4. The van der Waals surface area contributed by atoms with Crippen molar-refractivity contribution in [1.82, 2.24) is 5.43 Å². The number of hydrogen-bond donors (Lipinski definition) is 2. The average molecular weight is 539 g/mol. The number of carbonyl (C=O) groups is 2. The van der Waals surface area contributed by atoms with E-state index in [1.54, 1.807) is 36.4 Å². The summed E-state index contributed by atoms with van der Waals surface area (Å²) < 4.78 is 22.1. The van der Waals surface area contributed by atoms with Gasteiger partial charge >= 0.3 is 0 Å². The third-order valence-corrected chi connectivity index (χ3v) is 4.57. The van der Waals surface area contributed by atoms with Crippen LogP contribution < -0.4 is 30.1 Å². The van der Waals surface area contributed by atoms with Gasteiger partial charge in [0.15, 0.2) is 29.6 Å². The van der Waals surface area contributed by atoms with Crippen LogP contribution in [-0.2, 0) is 4.79 Å². The zero-order chi connectivity index (χ0) is 22.8. The fraction of sp³-hybridized carbons (Fsp3) is 0.190. The summed E-state index contributed by atoms with van der Waals surface area (Å²) in [4.78, 5) is 23.3. The molecule has 0 atom stereocenters. The minimum atomic E-state index is -0.594. The highest BCUT2D eigenvalue weighted by Crippen LogP contribution is 2.33. The van der Waals surface area contributed by atoms with Crippen molar-refractivity contribution in [3.63, 3.8) is 0 Å². The monoisotopic (exact) mass is 539 g/mol. The molecule has 0 aliphatic heterocycles. The second-order valence-electron chi connectivity index (χ2n) is 5.95. The van der Waals surface area contributed by atoms with Crippen molar-refractivity contribution in [3.8, 4) is 23.0 Å². The molecule has 0 heterocycles. The van der Waals surface area contributed by atoms with Crippen molar-refractivity contribution >= 4 is 40.6 Å². The molecular weight excluding hydrogens is 517 g/mol. The van der Waals surface area contributed by atoms with Gasteiger partial charge in [-0.05, 0) is 58.5 Å². The van der Waals surface area contributed by atoms with E-state index in [2.05, 4.69) is 17.1 Å². The second-order valence-corrected chi connectivity index (χ2v) is 7.12. The van der Waals surface area contributed by atoms with E-state index < -0.39 is 11.8 Å². The van der Waals surface area contributed by atoms with Gasteiger partial charge in [-0.3, -0.25) is 9.59 Å². The van der Waals surface area contributed by atoms with E-state index in [4.69, 9.17) is 24.7 Å². The van der Waals surface area contributed by atoms with Crippen LogP contribution in [0.3, 0.4) is 0 Å². The number of rotatable bonds is 11. The van der Waals surface area contributed by atoms with Gasteiger partial charge in [0.1, 0.15) is 6.61 Å². The van der Waals surface area contributed by atoms with Crippen molar-refractivity contribution < 1.29 is 28.5 Å². The first kappa shape index (κ1) is 24.0. The number of nitrogens with zero attached hydrogens (tertiary/aromatic N) is 1. The van der Waals surface area contributed by atoms with Crippen LogP contribution >= 0.6 is 22.6 Å². The van der Waals surface area contributed by atoms with E-state index in [-0.39, 0.29) is 6.61 Å². The van der Waals surface area contributed by atoms with Gasteiger partial charge in [0.25, 0.3) is 11.8 Å². The molecule has 0 aliphatic carbocycles. The first-order chi connectivity index (χ1) is 14.9. The maximum atomic E-state index is 12.4. The Kier molecular flexibility index (Phi) is 9.13. The van der Waals surface area contributed by atoms with Gasteiger partial charge < -0.3 is 24.7 Å². The van der Waals surface area contributed by atoms with E-state index >= 15 is 0 Å². The fourth-order valence-corrected chi connectivity index (χ4v) is 3.19. The fourth-order valence-electron chi connectivity index (χ4n) is 2.40. The summed E-state index contributed by atoms with van der Waals surface area (Å²) in [6.45, 7) is 3.65. The molecular formula is C21H22IN3O6. The summed E-state index contributed by atoms with van der Waals surface area (Å²) in [5.41, 5.74) is 8.57. The minimum absolute atomic E-state index is 0.267. The van der Waals surface area contributed by atoms with E-state index in [0.717, 1.165) is 0 Å². The van der Waals surface area contributed by atoms with Crippen molar-refractivity contribution in [2.24, 2.45) is 10.8 Å². The molecule has 0 spiro atoms. The summed E-state index contributed by atoms with van der Waals surface area (Å²) in [6, 6.07) is 8.20. The van der Waals surface area contributed by atoms with E-state index in [0.29, 0.717) is 44.3 Å².